The molecule has 1 amide bonds. The van der Waals surface area contributed by atoms with Crippen molar-refractivity contribution in [1.82, 2.24) is 5.32 Å². The van der Waals surface area contributed by atoms with Crippen LogP contribution in [-0.2, 0) is 9.59 Å². The van der Waals surface area contributed by atoms with Gasteiger partial charge in [-0.3, -0.25) is 9.59 Å². The van der Waals surface area contributed by atoms with Crippen LogP contribution in [0.1, 0.15) is 32.6 Å². The molecule has 4 heteroatoms. The Morgan fingerprint density at radius 3 is 2.71 bits per heavy atom. The number of hydrogen-bond acceptors (Lipinski definition) is 3. The van der Waals surface area contributed by atoms with Gasteiger partial charge in [0.15, 0.2) is 5.78 Å². The molecular weight excluding hydrogens is 182 g/mol. The van der Waals surface area contributed by atoms with Gasteiger partial charge in [-0.2, -0.15) is 0 Å². The second-order valence-electron chi connectivity index (χ2n) is 3.44. The third-order valence-electron chi connectivity index (χ3n) is 2.24. The molecule has 0 spiro atoms. The fourth-order valence-corrected chi connectivity index (χ4v) is 1.50. The molecule has 4 nitrogen and oxygen atoms in total. The van der Waals surface area contributed by atoms with Crippen molar-refractivity contribution in [2.45, 2.75) is 32.6 Å². The number of rotatable bonds is 1. The van der Waals surface area contributed by atoms with Crippen molar-refractivity contribution < 1.29 is 14.7 Å². The Bertz CT molecular complexity index is 281. The van der Waals surface area contributed by atoms with E-state index in [9.17, 15) is 14.7 Å². The molecule has 0 aromatic rings. The Morgan fingerprint density at radius 1 is 1.36 bits per heavy atom. The fraction of sp³-hybridized carbons (Fsp3) is 0.600. The van der Waals surface area contributed by atoms with Crippen LogP contribution in [0.4, 0.5) is 0 Å². The van der Waals surface area contributed by atoms with E-state index in [1.54, 1.807) is 0 Å². The summed E-state index contributed by atoms with van der Waals surface area (Å²) in [5, 5.41) is 12.1. The van der Waals surface area contributed by atoms with Crippen molar-refractivity contribution in [3.8, 4) is 0 Å². The van der Waals surface area contributed by atoms with Crippen molar-refractivity contribution in [3.63, 3.8) is 0 Å². The van der Waals surface area contributed by atoms with Gasteiger partial charge in [0.2, 0.25) is 0 Å². The minimum Gasteiger partial charge on any atom is -0.511 e. The van der Waals surface area contributed by atoms with Gasteiger partial charge in [-0.25, -0.2) is 0 Å². The third kappa shape index (κ3) is 2.58. The van der Waals surface area contributed by atoms with Crippen molar-refractivity contribution in [2.75, 3.05) is 6.54 Å². The lowest BCUT2D eigenvalue weighted by molar-refractivity contribution is -0.122. The van der Waals surface area contributed by atoms with Crippen molar-refractivity contribution >= 4 is 11.7 Å². The lowest BCUT2D eigenvalue weighted by atomic mass is 10.1. The zero-order valence-corrected chi connectivity index (χ0v) is 8.30. The van der Waals surface area contributed by atoms with E-state index in [2.05, 4.69) is 5.32 Å². The Kier molecular flexibility index (Phi) is 3.68. The zero-order valence-electron chi connectivity index (χ0n) is 8.30. The van der Waals surface area contributed by atoms with Crippen LogP contribution in [0.25, 0.3) is 0 Å². The standard InChI is InChI=1S/C10H15NO3/c1-7(12)9-8(13)5-3-2-4-6-11-10(9)14/h13H,2-6H2,1H3,(H,11,14)/b9-8+. The predicted molar refractivity (Wildman–Crippen MR) is 51.8 cm³/mol. The molecule has 1 aliphatic rings. The topological polar surface area (TPSA) is 66.4 Å². The summed E-state index contributed by atoms with van der Waals surface area (Å²) in [6, 6.07) is 0. The van der Waals surface area contributed by atoms with Gasteiger partial charge in [0, 0.05) is 13.0 Å². The molecule has 0 fully saturated rings. The summed E-state index contributed by atoms with van der Waals surface area (Å²) in [7, 11) is 0. The smallest absolute Gasteiger partial charge is 0.258 e. The van der Waals surface area contributed by atoms with E-state index in [1.807, 2.05) is 0 Å². The Morgan fingerprint density at radius 2 is 2.07 bits per heavy atom. The summed E-state index contributed by atoms with van der Waals surface area (Å²) >= 11 is 0. The van der Waals surface area contributed by atoms with Crippen LogP contribution in [-0.4, -0.2) is 23.3 Å². The fourth-order valence-electron chi connectivity index (χ4n) is 1.50. The molecule has 1 aliphatic heterocycles. The molecule has 2 N–H and O–H groups in total. The van der Waals surface area contributed by atoms with E-state index in [-0.39, 0.29) is 17.1 Å². The van der Waals surface area contributed by atoms with Gasteiger partial charge < -0.3 is 10.4 Å². The normalized spacial score (nSPS) is 24.5. The Balaban J connectivity index is 2.91. The number of amides is 1. The molecule has 0 atom stereocenters. The van der Waals surface area contributed by atoms with E-state index in [1.165, 1.54) is 6.92 Å². The molecule has 0 saturated heterocycles. The number of carbonyl (C=O) groups excluding carboxylic acids is 2. The zero-order chi connectivity index (χ0) is 10.6. The number of ketones is 1. The second-order valence-corrected chi connectivity index (χ2v) is 3.44. The van der Waals surface area contributed by atoms with Gasteiger partial charge >= 0.3 is 0 Å². The van der Waals surface area contributed by atoms with E-state index >= 15 is 0 Å². The highest BCUT2D eigenvalue weighted by Gasteiger charge is 2.20. The number of Topliss-reactive ketones (excluding diaryl/α,β-unsaturated/α-hetero) is 1. The van der Waals surface area contributed by atoms with Crippen molar-refractivity contribution in [1.29, 1.82) is 0 Å². The van der Waals surface area contributed by atoms with E-state index in [0.717, 1.165) is 19.3 Å². The molecule has 0 aromatic heterocycles. The minimum atomic E-state index is -0.447. The minimum absolute atomic E-state index is 0.0723. The van der Waals surface area contributed by atoms with E-state index in [0.29, 0.717) is 13.0 Å². The molecule has 14 heavy (non-hydrogen) atoms. The van der Waals surface area contributed by atoms with Crippen LogP contribution in [0.15, 0.2) is 11.3 Å². The number of aliphatic hydroxyl groups excluding tert-OH is 1. The SMILES string of the molecule is CC(=O)/C1=C(\O)CCCCCNC1=O. The highest BCUT2D eigenvalue weighted by molar-refractivity contribution is 6.18. The molecule has 78 valence electrons. The van der Waals surface area contributed by atoms with Gasteiger partial charge in [-0.05, 0) is 19.8 Å². The maximum atomic E-state index is 11.4. The molecule has 1 heterocycles. The average molecular weight is 197 g/mol. The number of nitrogens with one attached hydrogen (secondary N) is 1. The van der Waals surface area contributed by atoms with E-state index in [4.69, 9.17) is 0 Å². The summed E-state index contributed by atoms with van der Waals surface area (Å²) in [6.07, 6.45) is 3.08. The van der Waals surface area contributed by atoms with Gasteiger partial charge in [0.25, 0.3) is 5.91 Å². The maximum absolute atomic E-state index is 11.4. The van der Waals surface area contributed by atoms with Crippen LogP contribution >= 0.6 is 0 Å². The number of aliphatic hydroxyl groups is 1. The molecule has 0 unspecified atom stereocenters. The monoisotopic (exact) mass is 197 g/mol. The van der Waals surface area contributed by atoms with Crippen LogP contribution in [0.2, 0.25) is 0 Å². The quantitative estimate of drug-likeness (QED) is 0.618. The van der Waals surface area contributed by atoms with Crippen molar-refractivity contribution in [3.05, 3.63) is 11.3 Å². The van der Waals surface area contributed by atoms with Gasteiger partial charge in [0.05, 0.1) is 0 Å². The summed E-state index contributed by atoms with van der Waals surface area (Å²) < 4.78 is 0. The van der Waals surface area contributed by atoms with Crippen LogP contribution in [0.5, 0.6) is 0 Å². The molecule has 1 rings (SSSR count). The van der Waals surface area contributed by atoms with E-state index < -0.39 is 5.91 Å². The second kappa shape index (κ2) is 4.79. The highest BCUT2D eigenvalue weighted by Crippen LogP contribution is 2.14. The summed E-state index contributed by atoms with van der Waals surface area (Å²) in [4.78, 5) is 22.5. The first-order chi connectivity index (χ1) is 6.63. The third-order valence-corrected chi connectivity index (χ3v) is 2.24. The summed E-state index contributed by atoms with van der Waals surface area (Å²) in [5.41, 5.74) is -0.0769. The molecule has 0 bridgehead atoms. The Labute approximate surface area is 83.0 Å². The van der Waals surface area contributed by atoms with Crippen LogP contribution in [0, 0.1) is 0 Å². The van der Waals surface area contributed by atoms with Gasteiger partial charge in [-0.15, -0.1) is 0 Å². The summed E-state index contributed by atoms with van der Waals surface area (Å²) in [6.45, 7) is 1.87. The maximum Gasteiger partial charge on any atom is 0.258 e. The van der Waals surface area contributed by atoms with Crippen LogP contribution in [0.3, 0.4) is 0 Å². The number of allylic oxidation sites excluding steroid dienone is 1. The first kappa shape index (κ1) is 10.8. The first-order valence-electron chi connectivity index (χ1n) is 4.84. The Hall–Kier alpha value is -1.32. The summed E-state index contributed by atoms with van der Waals surface area (Å²) in [5.74, 6) is -0.893. The largest absolute Gasteiger partial charge is 0.511 e. The predicted octanol–water partition coefficient (Wildman–Crippen LogP) is 1.08. The van der Waals surface area contributed by atoms with Gasteiger partial charge in [-0.1, -0.05) is 6.42 Å². The number of carbonyl (C=O) groups is 2. The molecule has 0 radical (unpaired) electrons. The first-order valence-corrected chi connectivity index (χ1v) is 4.84. The molecular formula is C10H15NO3. The lowest BCUT2D eigenvalue weighted by Crippen LogP contribution is -2.29. The molecule has 0 saturated carbocycles. The van der Waals surface area contributed by atoms with Gasteiger partial charge in [0.1, 0.15) is 11.3 Å². The van der Waals surface area contributed by atoms with Crippen molar-refractivity contribution in [2.24, 2.45) is 0 Å². The number of hydrogen-bond donors (Lipinski definition) is 2. The molecule has 0 aromatic carbocycles. The lowest BCUT2D eigenvalue weighted by Gasteiger charge is -2.05. The average Bonchev–Trinajstić information content (AvgIpc) is 2.16. The van der Waals surface area contributed by atoms with Crippen LogP contribution < -0.4 is 5.32 Å². The molecule has 0 aliphatic carbocycles. The highest BCUT2D eigenvalue weighted by atomic mass is 16.3.